The minimum absolute atomic E-state index is 0.0349. The summed E-state index contributed by atoms with van der Waals surface area (Å²) in [6, 6.07) is 11.8. The van der Waals surface area contributed by atoms with Crippen molar-refractivity contribution >= 4 is 29.5 Å². The smallest absolute Gasteiger partial charge is 0.261 e. The van der Waals surface area contributed by atoms with Gasteiger partial charge < -0.3 is 20.3 Å². The molecule has 10 heteroatoms. The molecule has 232 valence electrons. The van der Waals surface area contributed by atoms with Gasteiger partial charge in [0.15, 0.2) is 0 Å². The van der Waals surface area contributed by atoms with Crippen LogP contribution in [-0.4, -0.2) is 77.0 Å². The lowest BCUT2D eigenvalue weighted by Gasteiger charge is -2.42. The molecule has 2 fully saturated rings. The zero-order valence-corrected chi connectivity index (χ0v) is 25.0. The molecule has 1 saturated heterocycles. The molecule has 0 spiro atoms. The highest BCUT2D eigenvalue weighted by Crippen LogP contribution is 2.41. The zero-order valence-electron chi connectivity index (χ0n) is 25.0. The van der Waals surface area contributed by atoms with Gasteiger partial charge in [-0.05, 0) is 62.3 Å². The van der Waals surface area contributed by atoms with E-state index < -0.39 is 35.6 Å². The van der Waals surface area contributed by atoms with E-state index in [1.807, 2.05) is 23.1 Å². The number of carbonyl (C=O) groups excluding carboxylic acids is 5. The van der Waals surface area contributed by atoms with Gasteiger partial charge in [-0.15, -0.1) is 0 Å². The number of hydrogen-bond acceptors (Lipinski definition) is 6. The molecule has 3 aliphatic heterocycles. The summed E-state index contributed by atoms with van der Waals surface area (Å²) in [5.74, 6) is -1.80. The van der Waals surface area contributed by atoms with Crippen molar-refractivity contribution in [3.63, 3.8) is 0 Å². The quantitative estimate of drug-likeness (QED) is 0.347. The van der Waals surface area contributed by atoms with Gasteiger partial charge in [-0.2, -0.15) is 0 Å². The molecule has 1 saturated carbocycles. The van der Waals surface area contributed by atoms with E-state index in [1.54, 1.807) is 29.2 Å². The molecule has 6 rings (SSSR count). The van der Waals surface area contributed by atoms with Crippen molar-refractivity contribution < 1.29 is 28.7 Å². The monoisotopic (exact) mass is 600 g/mol. The molecule has 3 heterocycles. The van der Waals surface area contributed by atoms with Crippen LogP contribution in [0.15, 0.2) is 42.5 Å². The minimum atomic E-state index is -0.661. The summed E-state index contributed by atoms with van der Waals surface area (Å²) in [5, 5.41) is 0. The third kappa shape index (κ3) is 5.69. The average Bonchev–Trinajstić information content (AvgIpc) is 3.67. The fraction of sp³-hybridized carbons (Fsp3) is 0.500. The third-order valence-electron chi connectivity index (χ3n) is 9.70. The van der Waals surface area contributed by atoms with E-state index in [0.29, 0.717) is 62.1 Å². The van der Waals surface area contributed by atoms with Gasteiger partial charge in [0.25, 0.3) is 11.8 Å². The second-order valence-corrected chi connectivity index (χ2v) is 12.3. The molecule has 5 amide bonds. The molecular formula is C34H40N4O6. The van der Waals surface area contributed by atoms with Crippen LogP contribution < -0.4 is 10.5 Å². The lowest BCUT2D eigenvalue weighted by Crippen LogP contribution is -2.51. The zero-order chi connectivity index (χ0) is 30.8. The van der Waals surface area contributed by atoms with Crippen molar-refractivity contribution in [2.45, 2.75) is 63.8 Å². The number of imide groups is 1. The van der Waals surface area contributed by atoms with Crippen molar-refractivity contribution in [1.82, 2.24) is 14.7 Å². The van der Waals surface area contributed by atoms with E-state index in [4.69, 9.17) is 10.5 Å². The molecule has 0 radical (unpaired) electrons. The van der Waals surface area contributed by atoms with Crippen LogP contribution >= 0.6 is 0 Å². The standard InChI is InChI=1S/C34H40N4O6/c35-31(40)23-10-1-2-11-24(23)32(41)37-19-16-22-9-7-14-28(44-20-8-15-29(39)36-17-5-6-18-36)30(22)27(37)21-38-33(42)25-12-3-4-13-26(25)34(38)43/h3-4,7,9,12-14,23-24,27H,1-2,5-6,8,10-11,15-21H2,(H2,35,40)/t23?,24?,27-/m1/s1. The lowest BCUT2D eigenvalue weighted by atomic mass is 9.77. The molecule has 2 aromatic carbocycles. The Labute approximate surface area is 257 Å². The highest BCUT2D eigenvalue weighted by molar-refractivity contribution is 6.21. The van der Waals surface area contributed by atoms with Crippen LogP contribution in [0.25, 0.3) is 0 Å². The summed E-state index contributed by atoms with van der Waals surface area (Å²) in [4.78, 5) is 71.0. The Morgan fingerprint density at radius 2 is 1.52 bits per heavy atom. The predicted molar refractivity (Wildman–Crippen MR) is 162 cm³/mol. The summed E-state index contributed by atoms with van der Waals surface area (Å²) < 4.78 is 6.29. The van der Waals surface area contributed by atoms with Gasteiger partial charge in [0.2, 0.25) is 17.7 Å². The number of primary amides is 1. The Morgan fingerprint density at radius 3 is 2.20 bits per heavy atom. The van der Waals surface area contributed by atoms with Crippen molar-refractivity contribution in [2.24, 2.45) is 17.6 Å². The maximum absolute atomic E-state index is 14.3. The number of rotatable bonds is 9. The van der Waals surface area contributed by atoms with Crippen LogP contribution in [0.2, 0.25) is 0 Å². The summed E-state index contributed by atoms with van der Waals surface area (Å²) >= 11 is 0. The minimum Gasteiger partial charge on any atom is -0.493 e. The van der Waals surface area contributed by atoms with Crippen LogP contribution in [0.5, 0.6) is 5.75 Å². The number of nitrogens with two attached hydrogens (primary N) is 1. The Morgan fingerprint density at radius 1 is 0.841 bits per heavy atom. The van der Waals surface area contributed by atoms with Crippen molar-refractivity contribution in [3.05, 3.63) is 64.7 Å². The molecule has 44 heavy (non-hydrogen) atoms. The van der Waals surface area contributed by atoms with Gasteiger partial charge in [-0.1, -0.05) is 37.1 Å². The fourth-order valence-corrected chi connectivity index (χ4v) is 7.41. The van der Waals surface area contributed by atoms with Gasteiger partial charge >= 0.3 is 0 Å². The molecule has 2 unspecified atom stereocenters. The van der Waals surface area contributed by atoms with Gasteiger partial charge in [0.05, 0.1) is 30.3 Å². The molecule has 3 atom stereocenters. The predicted octanol–water partition coefficient (Wildman–Crippen LogP) is 3.48. The number of carbonyl (C=O) groups is 5. The normalized spacial score (nSPS) is 23.0. The summed E-state index contributed by atoms with van der Waals surface area (Å²) in [5.41, 5.74) is 8.19. The largest absolute Gasteiger partial charge is 0.493 e. The summed E-state index contributed by atoms with van der Waals surface area (Å²) in [6.45, 7) is 2.29. The van der Waals surface area contributed by atoms with Gasteiger partial charge in [0, 0.05) is 43.5 Å². The van der Waals surface area contributed by atoms with Crippen molar-refractivity contribution in [3.8, 4) is 5.75 Å². The molecular weight excluding hydrogens is 560 g/mol. The third-order valence-corrected chi connectivity index (χ3v) is 9.70. The molecule has 10 nitrogen and oxygen atoms in total. The van der Waals surface area contributed by atoms with Crippen LogP contribution in [0.4, 0.5) is 0 Å². The first-order valence-electron chi connectivity index (χ1n) is 15.9. The summed E-state index contributed by atoms with van der Waals surface area (Å²) in [6.07, 6.45) is 6.42. The van der Waals surface area contributed by atoms with Crippen LogP contribution in [0, 0.1) is 11.8 Å². The topological polar surface area (TPSA) is 130 Å². The first-order valence-corrected chi connectivity index (χ1v) is 15.9. The molecule has 2 N–H and O–H groups in total. The number of fused-ring (bicyclic) bond motifs is 2. The van der Waals surface area contributed by atoms with E-state index >= 15 is 0 Å². The van der Waals surface area contributed by atoms with Crippen LogP contribution in [-0.2, 0) is 20.8 Å². The number of hydrogen-bond donors (Lipinski definition) is 1. The van der Waals surface area contributed by atoms with Crippen LogP contribution in [0.1, 0.15) is 89.3 Å². The Hall–Kier alpha value is -4.21. The Bertz CT molecular complexity index is 1430. The van der Waals surface area contributed by atoms with E-state index in [2.05, 4.69) is 0 Å². The summed E-state index contributed by atoms with van der Waals surface area (Å²) in [7, 11) is 0. The second-order valence-electron chi connectivity index (χ2n) is 12.3. The number of benzene rings is 2. The first kappa shape index (κ1) is 29.8. The maximum Gasteiger partial charge on any atom is 0.261 e. The molecule has 4 aliphatic rings. The Balaban J connectivity index is 1.28. The molecule has 2 aromatic rings. The van der Waals surface area contributed by atoms with Crippen molar-refractivity contribution in [2.75, 3.05) is 32.8 Å². The van der Waals surface area contributed by atoms with Crippen LogP contribution in [0.3, 0.4) is 0 Å². The molecule has 1 aliphatic carbocycles. The van der Waals surface area contributed by atoms with Gasteiger partial charge in [-0.25, -0.2) is 0 Å². The first-order chi connectivity index (χ1) is 21.3. The Kier molecular flexibility index (Phi) is 8.68. The highest BCUT2D eigenvalue weighted by Gasteiger charge is 2.44. The number of likely N-dealkylation sites (tertiary alicyclic amines) is 1. The second kappa shape index (κ2) is 12.8. The van der Waals surface area contributed by atoms with E-state index in [9.17, 15) is 24.0 Å². The number of nitrogens with zero attached hydrogens (tertiary/aromatic N) is 3. The molecule has 0 bridgehead atoms. The van der Waals surface area contributed by atoms with E-state index in [1.165, 1.54) is 4.90 Å². The SMILES string of the molecule is NC(=O)C1CCCCC1C(=O)N1CCc2cccc(OCCCC(=O)N3CCCC3)c2[C@H]1CN1C(=O)c2ccccc2C1=O. The van der Waals surface area contributed by atoms with E-state index in [0.717, 1.165) is 49.9 Å². The lowest BCUT2D eigenvalue weighted by molar-refractivity contribution is -0.145. The maximum atomic E-state index is 14.3. The van der Waals surface area contributed by atoms with Gasteiger partial charge in [-0.3, -0.25) is 28.9 Å². The molecule has 0 aromatic heterocycles. The van der Waals surface area contributed by atoms with Gasteiger partial charge in [0.1, 0.15) is 5.75 Å². The number of ether oxygens (including phenoxy) is 1. The van der Waals surface area contributed by atoms with E-state index in [-0.39, 0.29) is 18.4 Å². The highest BCUT2D eigenvalue weighted by atomic mass is 16.5. The average molecular weight is 601 g/mol. The van der Waals surface area contributed by atoms with Crippen molar-refractivity contribution in [1.29, 1.82) is 0 Å². The number of amides is 5. The fourth-order valence-electron chi connectivity index (χ4n) is 7.41.